The van der Waals surface area contributed by atoms with Crippen molar-refractivity contribution >= 4 is 5.97 Å². The number of carbonyl (C=O) groups is 1. The molecular weight excluding hydrogens is 246 g/mol. The fraction of sp³-hybridized carbons (Fsp3) is 0.923. The molecule has 0 aromatic heterocycles. The van der Waals surface area contributed by atoms with E-state index in [1.807, 2.05) is 7.05 Å². The van der Waals surface area contributed by atoms with Crippen molar-refractivity contribution in [3.63, 3.8) is 0 Å². The van der Waals surface area contributed by atoms with Gasteiger partial charge in [-0.1, -0.05) is 0 Å². The number of rotatable bonds is 5. The highest BCUT2D eigenvalue weighted by Gasteiger charge is 2.36. The van der Waals surface area contributed by atoms with E-state index in [1.54, 1.807) is 0 Å². The molecule has 2 aliphatic rings. The Hall–Kier alpha value is -0.690. The van der Waals surface area contributed by atoms with Crippen molar-refractivity contribution in [1.82, 2.24) is 14.7 Å². The molecule has 6 nitrogen and oxygen atoms in total. The second-order valence-corrected chi connectivity index (χ2v) is 5.68. The molecular formula is C13H25N3O3. The van der Waals surface area contributed by atoms with E-state index in [4.69, 9.17) is 9.84 Å². The van der Waals surface area contributed by atoms with Gasteiger partial charge in [-0.2, -0.15) is 0 Å². The molecule has 19 heavy (non-hydrogen) atoms. The van der Waals surface area contributed by atoms with E-state index in [9.17, 15) is 4.79 Å². The zero-order valence-corrected chi connectivity index (χ0v) is 11.9. The Bertz CT molecular complexity index is 306. The molecule has 0 aromatic rings. The van der Waals surface area contributed by atoms with Gasteiger partial charge >= 0.3 is 5.97 Å². The van der Waals surface area contributed by atoms with Gasteiger partial charge in [0.05, 0.1) is 19.1 Å². The summed E-state index contributed by atoms with van der Waals surface area (Å²) in [5.74, 6) is -1.12. The average molecular weight is 271 g/mol. The van der Waals surface area contributed by atoms with Crippen LogP contribution < -0.4 is 0 Å². The highest BCUT2D eigenvalue weighted by molar-refractivity contribution is 5.71. The molecule has 0 amide bonds. The Kier molecular flexibility index (Phi) is 5.15. The second kappa shape index (κ2) is 6.65. The van der Waals surface area contributed by atoms with Gasteiger partial charge in [-0.3, -0.25) is 14.6 Å². The predicted octanol–water partition coefficient (Wildman–Crippen LogP) is -0.735. The van der Waals surface area contributed by atoms with Gasteiger partial charge in [-0.25, -0.2) is 0 Å². The first kappa shape index (κ1) is 14.7. The third kappa shape index (κ3) is 3.89. The summed E-state index contributed by atoms with van der Waals surface area (Å²) < 4.78 is 5.32. The molecule has 2 atom stereocenters. The smallest absolute Gasteiger partial charge is 0.310 e. The summed E-state index contributed by atoms with van der Waals surface area (Å²) in [5.41, 5.74) is 0. The molecule has 0 bridgehead atoms. The summed E-state index contributed by atoms with van der Waals surface area (Å²) in [6, 6.07) is 0.0185. The average Bonchev–Trinajstić information content (AvgIpc) is 2.87. The maximum absolute atomic E-state index is 11.1. The molecule has 0 aromatic carbocycles. The summed E-state index contributed by atoms with van der Waals surface area (Å²) in [6.07, 6.45) is 0. The van der Waals surface area contributed by atoms with Crippen molar-refractivity contribution in [2.45, 2.75) is 6.04 Å². The minimum Gasteiger partial charge on any atom is -0.481 e. The van der Waals surface area contributed by atoms with Gasteiger partial charge < -0.3 is 14.7 Å². The van der Waals surface area contributed by atoms with Gasteiger partial charge in [0.2, 0.25) is 0 Å². The van der Waals surface area contributed by atoms with Gasteiger partial charge in [-0.15, -0.1) is 0 Å². The minimum atomic E-state index is -0.742. The largest absolute Gasteiger partial charge is 0.481 e. The number of likely N-dealkylation sites (N-methyl/N-ethyl adjacent to an activating group) is 2. The van der Waals surface area contributed by atoms with Crippen molar-refractivity contribution in [3.05, 3.63) is 0 Å². The Morgan fingerprint density at radius 2 is 2.00 bits per heavy atom. The normalized spacial score (nSPS) is 30.1. The van der Waals surface area contributed by atoms with Crippen molar-refractivity contribution in [2.75, 3.05) is 66.6 Å². The lowest BCUT2D eigenvalue weighted by Crippen LogP contribution is -2.49. The van der Waals surface area contributed by atoms with Crippen LogP contribution in [0, 0.1) is 5.92 Å². The summed E-state index contributed by atoms with van der Waals surface area (Å²) in [6.45, 7) is 7.24. The molecule has 2 fully saturated rings. The molecule has 6 heteroatoms. The van der Waals surface area contributed by atoms with Crippen molar-refractivity contribution < 1.29 is 14.6 Å². The number of piperazine rings is 1. The van der Waals surface area contributed by atoms with Gasteiger partial charge in [0.25, 0.3) is 0 Å². The van der Waals surface area contributed by atoms with Gasteiger partial charge in [0, 0.05) is 45.3 Å². The van der Waals surface area contributed by atoms with Crippen LogP contribution in [0.15, 0.2) is 0 Å². The van der Waals surface area contributed by atoms with Crippen molar-refractivity contribution in [1.29, 1.82) is 0 Å². The van der Waals surface area contributed by atoms with E-state index in [-0.39, 0.29) is 12.0 Å². The molecule has 110 valence electrons. The predicted molar refractivity (Wildman–Crippen MR) is 72.3 cm³/mol. The number of hydrogen-bond donors (Lipinski definition) is 1. The molecule has 2 aliphatic heterocycles. The monoisotopic (exact) mass is 271 g/mol. The maximum Gasteiger partial charge on any atom is 0.310 e. The van der Waals surface area contributed by atoms with E-state index in [1.165, 1.54) is 0 Å². The molecule has 2 saturated heterocycles. The first-order valence-electron chi connectivity index (χ1n) is 6.99. The first-order chi connectivity index (χ1) is 9.08. The number of ether oxygens (including phenoxy) is 1. The summed E-state index contributed by atoms with van der Waals surface area (Å²) >= 11 is 0. The summed E-state index contributed by atoms with van der Waals surface area (Å²) in [7, 11) is 4.15. The molecule has 0 spiro atoms. The van der Waals surface area contributed by atoms with E-state index >= 15 is 0 Å². The number of nitrogens with zero attached hydrogens (tertiary/aromatic N) is 3. The first-order valence-corrected chi connectivity index (χ1v) is 6.99. The lowest BCUT2D eigenvalue weighted by atomic mass is 10.0. The molecule has 0 saturated carbocycles. The van der Waals surface area contributed by atoms with Crippen LogP contribution in [0.2, 0.25) is 0 Å². The molecule has 2 heterocycles. The van der Waals surface area contributed by atoms with Crippen molar-refractivity contribution in [2.24, 2.45) is 5.92 Å². The molecule has 2 unspecified atom stereocenters. The minimum absolute atomic E-state index is 0.0185. The quantitative estimate of drug-likeness (QED) is 0.711. The van der Waals surface area contributed by atoms with E-state index < -0.39 is 5.97 Å². The van der Waals surface area contributed by atoms with Crippen LogP contribution in [-0.4, -0.2) is 98.4 Å². The Morgan fingerprint density at radius 3 is 2.63 bits per heavy atom. The molecule has 0 radical (unpaired) electrons. The van der Waals surface area contributed by atoms with Gasteiger partial charge in [0.1, 0.15) is 0 Å². The third-order valence-electron chi connectivity index (χ3n) is 4.30. The highest BCUT2D eigenvalue weighted by atomic mass is 16.5. The van der Waals surface area contributed by atoms with Crippen LogP contribution in [0.5, 0.6) is 0 Å². The Balaban J connectivity index is 1.74. The lowest BCUT2D eigenvalue weighted by molar-refractivity contribution is -0.143. The van der Waals surface area contributed by atoms with Gasteiger partial charge in [-0.05, 0) is 14.1 Å². The number of aliphatic carboxylic acids is 1. The van der Waals surface area contributed by atoms with Gasteiger partial charge in [0.15, 0.2) is 0 Å². The third-order valence-corrected chi connectivity index (χ3v) is 4.30. The standard InChI is InChI=1S/C13H25N3O3/c1-14-3-6-16(7-4-14)8-5-15(2)12-10-19-9-11(12)13(17)18/h11-12H,3-10H2,1-2H3,(H,17,18). The van der Waals surface area contributed by atoms with Crippen LogP contribution in [0.4, 0.5) is 0 Å². The topological polar surface area (TPSA) is 56.2 Å². The zero-order valence-electron chi connectivity index (χ0n) is 11.9. The number of hydrogen-bond acceptors (Lipinski definition) is 5. The van der Waals surface area contributed by atoms with Crippen LogP contribution in [0.25, 0.3) is 0 Å². The van der Waals surface area contributed by atoms with E-state index in [0.29, 0.717) is 13.2 Å². The highest BCUT2D eigenvalue weighted by Crippen LogP contribution is 2.18. The van der Waals surface area contributed by atoms with E-state index in [0.717, 1.165) is 39.3 Å². The molecule has 2 rings (SSSR count). The van der Waals surface area contributed by atoms with Crippen LogP contribution in [-0.2, 0) is 9.53 Å². The number of carboxylic acid groups (broad SMARTS) is 1. The van der Waals surface area contributed by atoms with Crippen LogP contribution in [0.1, 0.15) is 0 Å². The van der Waals surface area contributed by atoms with E-state index in [2.05, 4.69) is 21.7 Å². The SMILES string of the molecule is CN1CCN(CCN(C)C2COCC2C(=O)O)CC1. The van der Waals surface area contributed by atoms with Crippen LogP contribution in [0.3, 0.4) is 0 Å². The molecule has 0 aliphatic carbocycles. The fourth-order valence-electron chi connectivity index (χ4n) is 2.75. The van der Waals surface area contributed by atoms with Crippen molar-refractivity contribution in [3.8, 4) is 0 Å². The Labute approximate surface area is 114 Å². The second-order valence-electron chi connectivity index (χ2n) is 5.68. The Morgan fingerprint density at radius 1 is 1.32 bits per heavy atom. The summed E-state index contributed by atoms with van der Waals surface area (Å²) in [4.78, 5) is 18.1. The zero-order chi connectivity index (χ0) is 13.8. The van der Waals surface area contributed by atoms with Crippen LogP contribution >= 0.6 is 0 Å². The lowest BCUT2D eigenvalue weighted by Gasteiger charge is -2.34. The number of carboxylic acids is 1. The summed E-state index contributed by atoms with van der Waals surface area (Å²) in [5, 5.41) is 9.16. The maximum atomic E-state index is 11.1. The fourth-order valence-corrected chi connectivity index (χ4v) is 2.75. The molecule has 1 N–H and O–H groups in total.